The normalized spacial score (nSPS) is 13.6. The molecule has 1 aromatic rings. The van der Waals surface area contributed by atoms with Crippen molar-refractivity contribution in [3.8, 4) is 5.75 Å². The molecule has 144 valence electrons. The van der Waals surface area contributed by atoms with Crippen molar-refractivity contribution in [2.45, 2.75) is 31.6 Å². The number of nitrogens with zero attached hydrogens (tertiary/aromatic N) is 1. The molecule has 25 heavy (non-hydrogen) atoms. The van der Waals surface area contributed by atoms with E-state index < -0.39 is 14.6 Å². The molecular formula is C16H27FIN3O3S. The lowest BCUT2D eigenvalue weighted by atomic mass is 10.2. The van der Waals surface area contributed by atoms with E-state index in [1.165, 1.54) is 18.4 Å². The molecule has 1 rings (SSSR count). The largest absolute Gasteiger partial charge is 0.489 e. The lowest BCUT2D eigenvalue weighted by Gasteiger charge is -2.24. The molecule has 0 spiro atoms. The second-order valence-electron chi connectivity index (χ2n) is 6.22. The zero-order valence-electron chi connectivity index (χ0n) is 15.2. The molecule has 0 aliphatic rings. The van der Waals surface area contributed by atoms with Crippen molar-refractivity contribution in [2.75, 3.05) is 26.4 Å². The Balaban J connectivity index is 0.00000576. The molecule has 0 amide bonds. The Morgan fingerprint density at radius 1 is 1.28 bits per heavy atom. The molecule has 9 heteroatoms. The number of rotatable bonds is 7. The molecule has 2 N–H and O–H groups in total. The number of nitrogens with one attached hydrogen (secondary N) is 2. The van der Waals surface area contributed by atoms with Crippen LogP contribution in [0.3, 0.4) is 0 Å². The summed E-state index contributed by atoms with van der Waals surface area (Å²) in [5.74, 6) is 0.749. The van der Waals surface area contributed by atoms with Gasteiger partial charge in [-0.1, -0.05) is 0 Å². The van der Waals surface area contributed by atoms with Gasteiger partial charge in [0.1, 0.15) is 17.7 Å². The molecule has 1 atom stereocenters. The maximum atomic E-state index is 12.9. The fourth-order valence-corrected chi connectivity index (χ4v) is 2.01. The van der Waals surface area contributed by atoms with Crippen molar-refractivity contribution in [3.63, 3.8) is 0 Å². The van der Waals surface area contributed by atoms with Gasteiger partial charge < -0.3 is 15.4 Å². The van der Waals surface area contributed by atoms with E-state index in [0.717, 1.165) is 0 Å². The Hall–Kier alpha value is -1.10. The van der Waals surface area contributed by atoms with Crippen LogP contribution in [0.25, 0.3) is 0 Å². The van der Waals surface area contributed by atoms with Crippen molar-refractivity contribution in [1.82, 2.24) is 10.6 Å². The summed E-state index contributed by atoms with van der Waals surface area (Å²) >= 11 is 0. The Morgan fingerprint density at radius 3 is 2.32 bits per heavy atom. The Bertz CT molecular complexity index is 664. The molecule has 0 aliphatic carbocycles. The van der Waals surface area contributed by atoms with E-state index in [9.17, 15) is 12.8 Å². The third kappa shape index (κ3) is 8.21. The van der Waals surface area contributed by atoms with Gasteiger partial charge in [0.2, 0.25) is 0 Å². The SMILES string of the molecule is CN=C(NCC(C)Oc1ccc(F)cc1)NCC(C)(C)S(C)(=O)=O.I. The maximum Gasteiger partial charge on any atom is 0.191 e. The summed E-state index contributed by atoms with van der Waals surface area (Å²) in [5.41, 5.74) is 0. The average molecular weight is 487 g/mol. The summed E-state index contributed by atoms with van der Waals surface area (Å²) in [6.07, 6.45) is 1.03. The van der Waals surface area contributed by atoms with E-state index in [1.807, 2.05) is 6.92 Å². The second-order valence-corrected chi connectivity index (χ2v) is 8.87. The number of hydrogen-bond acceptors (Lipinski definition) is 4. The van der Waals surface area contributed by atoms with Crippen LogP contribution < -0.4 is 15.4 Å². The van der Waals surface area contributed by atoms with Gasteiger partial charge >= 0.3 is 0 Å². The van der Waals surface area contributed by atoms with E-state index in [2.05, 4.69) is 15.6 Å². The number of ether oxygens (including phenoxy) is 1. The van der Waals surface area contributed by atoms with Gasteiger partial charge in [-0.05, 0) is 45.0 Å². The molecule has 1 unspecified atom stereocenters. The second kappa shape index (κ2) is 10.1. The van der Waals surface area contributed by atoms with Gasteiger partial charge in [0.05, 0.1) is 11.3 Å². The van der Waals surface area contributed by atoms with Crippen LogP contribution in [0.4, 0.5) is 4.39 Å². The molecule has 0 heterocycles. The molecular weight excluding hydrogens is 460 g/mol. The minimum atomic E-state index is -3.18. The Kier molecular flexibility index (Phi) is 9.70. The van der Waals surface area contributed by atoms with Gasteiger partial charge in [0.15, 0.2) is 15.8 Å². The van der Waals surface area contributed by atoms with Crippen LogP contribution in [-0.4, -0.2) is 51.6 Å². The van der Waals surface area contributed by atoms with Gasteiger partial charge in [0, 0.05) is 19.8 Å². The predicted molar refractivity (Wildman–Crippen MR) is 110 cm³/mol. The molecule has 0 saturated heterocycles. The zero-order chi connectivity index (χ0) is 18.4. The molecule has 0 aromatic heterocycles. The topological polar surface area (TPSA) is 79.8 Å². The van der Waals surface area contributed by atoms with Crippen LogP contribution in [0.5, 0.6) is 5.75 Å². The van der Waals surface area contributed by atoms with E-state index >= 15 is 0 Å². The first-order valence-electron chi connectivity index (χ1n) is 7.61. The molecule has 0 saturated carbocycles. The monoisotopic (exact) mass is 487 g/mol. The molecule has 1 aromatic carbocycles. The molecule has 0 aliphatic heterocycles. The summed E-state index contributed by atoms with van der Waals surface area (Å²) in [5, 5.41) is 6.07. The average Bonchev–Trinajstić information content (AvgIpc) is 2.48. The lowest BCUT2D eigenvalue weighted by molar-refractivity contribution is 0.223. The van der Waals surface area contributed by atoms with Crippen molar-refractivity contribution >= 4 is 39.8 Å². The van der Waals surface area contributed by atoms with Gasteiger partial charge in [-0.3, -0.25) is 4.99 Å². The highest BCUT2D eigenvalue weighted by Crippen LogP contribution is 2.14. The van der Waals surface area contributed by atoms with E-state index in [1.54, 1.807) is 33.0 Å². The molecule has 0 bridgehead atoms. The maximum absolute atomic E-state index is 12.9. The molecule has 6 nitrogen and oxygen atoms in total. The van der Waals surface area contributed by atoms with E-state index in [0.29, 0.717) is 18.3 Å². The predicted octanol–water partition coefficient (Wildman–Crippen LogP) is 2.20. The molecule has 0 fully saturated rings. The quantitative estimate of drug-likeness (QED) is 0.350. The fraction of sp³-hybridized carbons (Fsp3) is 0.562. The fourth-order valence-electron chi connectivity index (χ4n) is 1.68. The highest BCUT2D eigenvalue weighted by Gasteiger charge is 2.30. The van der Waals surface area contributed by atoms with Gasteiger partial charge in [-0.15, -0.1) is 24.0 Å². The first-order chi connectivity index (χ1) is 11.0. The summed E-state index contributed by atoms with van der Waals surface area (Å²) in [4.78, 5) is 4.06. The van der Waals surface area contributed by atoms with Crippen molar-refractivity contribution in [1.29, 1.82) is 0 Å². The number of benzene rings is 1. The number of aliphatic imine (C=N–C) groups is 1. The first kappa shape index (κ1) is 23.9. The van der Waals surface area contributed by atoms with Crippen LogP contribution in [-0.2, 0) is 9.84 Å². The molecule has 0 radical (unpaired) electrons. The number of hydrogen-bond donors (Lipinski definition) is 2. The zero-order valence-corrected chi connectivity index (χ0v) is 18.3. The highest BCUT2D eigenvalue weighted by molar-refractivity contribution is 14.0. The van der Waals surface area contributed by atoms with Crippen LogP contribution in [0.15, 0.2) is 29.3 Å². The van der Waals surface area contributed by atoms with E-state index in [4.69, 9.17) is 4.74 Å². The summed E-state index contributed by atoms with van der Waals surface area (Å²) in [6.45, 7) is 5.87. The highest BCUT2D eigenvalue weighted by atomic mass is 127. The van der Waals surface area contributed by atoms with Gasteiger partial charge in [-0.2, -0.15) is 0 Å². The number of guanidine groups is 1. The van der Waals surface area contributed by atoms with Crippen molar-refractivity contribution < 1.29 is 17.5 Å². The summed E-state index contributed by atoms with van der Waals surface area (Å²) in [6, 6.07) is 5.80. The minimum absolute atomic E-state index is 0. The number of sulfone groups is 1. The third-order valence-corrected chi connectivity index (χ3v) is 5.77. The summed E-state index contributed by atoms with van der Waals surface area (Å²) in [7, 11) is -1.58. The van der Waals surface area contributed by atoms with Gasteiger partial charge in [-0.25, -0.2) is 12.8 Å². The van der Waals surface area contributed by atoms with Crippen LogP contribution in [0.2, 0.25) is 0 Å². The Morgan fingerprint density at radius 2 is 1.84 bits per heavy atom. The van der Waals surface area contributed by atoms with Crippen molar-refractivity contribution in [2.24, 2.45) is 4.99 Å². The van der Waals surface area contributed by atoms with Crippen molar-refractivity contribution in [3.05, 3.63) is 30.1 Å². The van der Waals surface area contributed by atoms with Gasteiger partial charge in [0.25, 0.3) is 0 Å². The summed E-state index contributed by atoms with van der Waals surface area (Å²) < 4.78 is 41.0. The Labute approximate surface area is 166 Å². The standard InChI is InChI=1S/C16H26FN3O3S.HI/c1-12(23-14-8-6-13(17)7-9-14)10-19-15(18-4)20-11-16(2,3)24(5,21)22;/h6-9,12H,10-11H2,1-5H3,(H2,18,19,20);1H. The van der Waals surface area contributed by atoms with Crippen LogP contribution >= 0.6 is 24.0 Å². The van der Waals surface area contributed by atoms with E-state index in [-0.39, 0.29) is 42.4 Å². The number of halogens is 2. The minimum Gasteiger partial charge on any atom is -0.489 e. The first-order valence-corrected chi connectivity index (χ1v) is 9.50. The van der Waals surface area contributed by atoms with Crippen LogP contribution in [0.1, 0.15) is 20.8 Å². The van der Waals surface area contributed by atoms with Crippen LogP contribution in [0, 0.1) is 5.82 Å². The smallest absolute Gasteiger partial charge is 0.191 e. The third-order valence-electron chi connectivity index (χ3n) is 3.62. The lowest BCUT2D eigenvalue weighted by Crippen LogP contribution is -2.49.